The number of phenols is 4. The van der Waals surface area contributed by atoms with Gasteiger partial charge in [-0.1, -0.05) is 0 Å². The Balaban J connectivity index is -0.000000118. The molecule has 0 unspecified atom stereocenters. The molecule has 0 fully saturated rings. The number of allylic oxidation sites excluding steroid dienone is 4. The maximum absolute atomic E-state index is 10.8. The normalized spacial score (nSPS) is 10.8. The molecule has 3 rings (SSSR count). The summed E-state index contributed by atoms with van der Waals surface area (Å²) >= 11 is 7.53. The molecule has 36 heteroatoms. The SMILES string of the molecule is O=C1C=CC(=O)C=C1.O=S(=O)([O-])CCS.O=S(=O)=O.O=S(=O)=O.Oc1ccc(O)cc1.[CH2-]CSc1c(O)c(SCCS(=O)(=O)[O-])c(SCCS(=O)(=O)[O-])c(O)c1SC[CH2-].[Na+].[Na+].[Na+].[Na+].[Na+]. The number of carbonyl (C=O) groups excluding carboxylic acids is 2. The van der Waals surface area contributed by atoms with Gasteiger partial charge in [0.1, 0.15) is 23.0 Å². The summed E-state index contributed by atoms with van der Waals surface area (Å²) in [6.07, 6.45) is 5.01. The Bertz CT molecular complexity index is 2130. The van der Waals surface area contributed by atoms with Gasteiger partial charge in [-0.3, -0.25) is 9.59 Å². The van der Waals surface area contributed by atoms with Gasteiger partial charge in [0, 0.05) is 34.5 Å². The van der Waals surface area contributed by atoms with Gasteiger partial charge in [-0.15, -0.1) is 60.3 Å². The molecule has 0 atom stereocenters. The number of benzene rings is 2. The summed E-state index contributed by atoms with van der Waals surface area (Å²) in [4.78, 5) is 21.4. The maximum Gasteiger partial charge on any atom is 1.00 e. The van der Waals surface area contributed by atoms with E-state index in [-0.39, 0.29) is 215 Å². The molecular formula is C28H33Na5O21S10. The van der Waals surface area contributed by atoms with Gasteiger partial charge in [-0.05, 0) is 48.6 Å². The van der Waals surface area contributed by atoms with E-state index in [0.717, 1.165) is 47.0 Å². The van der Waals surface area contributed by atoms with Gasteiger partial charge in [0.05, 0.1) is 49.9 Å². The molecule has 4 N–H and O–H groups in total. The smallest absolute Gasteiger partial charge is 0.748 e. The summed E-state index contributed by atoms with van der Waals surface area (Å²) in [5, 5.41) is 38.7. The number of aromatic hydroxyl groups is 4. The van der Waals surface area contributed by atoms with E-state index in [1.54, 1.807) is 0 Å². The van der Waals surface area contributed by atoms with Crippen LogP contribution in [0.4, 0.5) is 0 Å². The van der Waals surface area contributed by atoms with Crippen molar-refractivity contribution < 1.29 is 242 Å². The van der Waals surface area contributed by atoms with Crippen molar-refractivity contribution in [3.63, 3.8) is 0 Å². The topological polar surface area (TPSA) is 389 Å². The number of hydrogen-bond acceptors (Lipinski definition) is 26. The van der Waals surface area contributed by atoms with Crippen LogP contribution in [0, 0.1) is 13.8 Å². The van der Waals surface area contributed by atoms with Crippen LogP contribution in [-0.4, -0.2) is 142 Å². The first-order valence-corrected chi connectivity index (χ1v) is 25.9. The fourth-order valence-corrected chi connectivity index (χ4v) is 9.58. The number of thioether (sulfide) groups is 4. The van der Waals surface area contributed by atoms with Gasteiger partial charge in [-0.2, -0.15) is 36.2 Å². The van der Waals surface area contributed by atoms with Crippen molar-refractivity contribution in [1.29, 1.82) is 0 Å². The summed E-state index contributed by atoms with van der Waals surface area (Å²) in [6.45, 7) is 7.37. The Labute approximate surface area is 507 Å². The molecule has 0 saturated heterocycles. The van der Waals surface area contributed by atoms with E-state index < -0.39 is 63.1 Å². The minimum atomic E-state index is -4.47. The van der Waals surface area contributed by atoms with Crippen molar-refractivity contribution in [2.45, 2.75) is 19.6 Å². The summed E-state index contributed by atoms with van der Waals surface area (Å²) in [6, 6.07) is 5.70. The van der Waals surface area contributed by atoms with Crippen LogP contribution in [0.3, 0.4) is 0 Å². The van der Waals surface area contributed by atoms with Gasteiger partial charge in [-0.25, -0.2) is 25.3 Å². The zero-order chi connectivity index (χ0) is 46.6. The second kappa shape index (κ2) is 46.3. The van der Waals surface area contributed by atoms with Gasteiger partial charge in [0.2, 0.25) is 0 Å². The Hall–Kier alpha value is 2.18. The van der Waals surface area contributed by atoms with Crippen LogP contribution >= 0.6 is 59.7 Å². The molecule has 336 valence electrons. The molecule has 2 aromatic rings. The summed E-state index contributed by atoms with van der Waals surface area (Å²) in [5.74, 6) is -1.72. The number of carbonyl (C=O) groups is 2. The molecule has 0 heterocycles. The Morgan fingerprint density at radius 3 is 0.891 bits per heavy atom. The van der Waals surface area contributed by atoms with Crippen LogP contribution in [0.15, 0.2) is 68.2 Å². The molecule has 0 aliphatic heterocycles. The van der Waals surface area contributed by atoms with Crippen molar-refractivity contribution in [3.8, 4) is 23.0 Å². The van der Waals surface area contributed by atoms with Crippen LogP contribution in [0.2, 0.25) is 0 Å². The van der Waals surface area contributed by atoms with E-state index in [4.69, 9.17) is 35.5 Å². The summed E-state index contributed by atoms with van der Waals surface area (Å²) < 4.78 is 145. The van der Waals surface area contributed by atoms with Crippen molar-refractivity contribution >= 4 is 123 Å². The number of hydrogen-bond donors (Lipinski definition) is 5. The number of thiol groups is 1. The monoisotopic (exact) mass is 1140 g/mol. The molecule has 1 aliphatic rings. The first-order valence-electron chi connectivity index (χ1n) is 14.6. The average Bonchev–Trinajstić information content (AvgIpc) is 3.07. The van der Waals surface area contributed by atoms with Crippen molar-refractivity contribution in [2.24, 2.45) is 0 Å². The third kappa shape index (κ3) is 52.0. The predicted molar refractivity (Wildman–Crippen MR) is 218 cm³/mol. The second-order valence-electron chi connectivity index (χ2n) is 9.31. The van der Waals surface area contributed by atoms with Crippen molar-refractivity contribution in [3.05, 3.63) is 62.4 Å². The van der Waals surface area contributed by atoms with E-state index in [2.05, 4.69) is 26.5 Å². The Morgan fingerprint density at radius 1 is 0.500 bits per heavy atom. The van der Waals surface area contributed by atoms with Crippen molar-refractivity contribution in [2.75, 3.05) is 46.0 Å². The second-order valence-corrected chi connectivity index (χ2v) is 19.6. The molecule has 0 amide bonds. The number of ketones is 2. The fourth-order valence-electron chi connectivity index (χ4n) is 2.87. The Morgan fingerprint density at radius 2 is 0.719 bits per heavy atom. The molecule has 0 saturated carbocycles. The van der Waals surface area contributed by atoms with Gasteiger partial charge in [0.15, 0.2) is 11.6 Å². The zero-order valence-corrected chi connectivity index (χ0v) is 52.8. The predicted octanol–water partition coefficient (Wildman–Crippen LogP) is -14.0. The van der Waals surface area contributed by atoms with E-state index in [1.165, 1.54) is 48.6 Å². The summed E-state index contributed by atoms with van der Waals surface area (Å²) in [7, 11) is -19.2. The van der Waals surface area contributed by atoms with E-state index in [0.29, 0.717) is 21.3 Å². The first-order chi connectivity index (χ1) is 27.0. The molecule has 21 nitrogen and oxygen atoms in total. The molecule has 0 bridgehead atoms. The standard InChI is InChI=1S/C14H20O8S6.C6H6O2.C6H4O2.C2H6O3S2.5Na.2O3S/c1-3-23-11-9(15)13(25-5-7-27(17,18)19)14(10(16)12(11)24-4-2)26-6-8-28(20,21)22;2*7-5-1-2-6(8)4-3-5;3-7(4,5)2-1-6;;;;;;2*1-4(2)3/h15-16H,1-8H2,(H,17,18,19)(H,20,21,22);1-4,7-8H;1-4H;6H,1-2H2,(H,3,4,5);;;;;;;/q-2;;;;5*+1;;/p-3. The van der Waals surface area contributed by atoms with Crippen molar-refractivity contribution in [1.82, 2.24) is 0 Å². The quantitative estimate of drug-likeness (QED) is 0.0223. The zero-order valence-electron chi connectivity index (χ0n) is 34.5. The molecule has 64 heavy (non-hydrogen) atoms. The molecule has 1 aliphatic carbocycles. The van der Waals surface area contributed by atoms with E-state index in [9.17, 15) is 58.7 Å². The van der Waals surface area contributed by atoms with Gasteiger partial charge < -0.3 is 47.9 Å². The largest absolute Gasteiger partial charge is 1.00 e. The van der Waals surface area contributed by atoms with Crippen LogP contribution < -0.4 is 148 Å². The molecule has 2 aromatic carbocycles. The molecular weight excluding hydrogens is 1110 g/mol. The maximum atomic E-state index is 10.8. The minimum Gasteiger partial charge on any atom is -0.748 e. The van der Waals surface area contributed by atoms with Crippen LogP contribution in [0.5, 0.6) is 23.0 Å². The number of rotatable bonds is 14. The summed E-state index contributed by atoms with van der Waals surface area (Å²) in [5.41, 5.74) is 0. The molecule has 0 radical (unpaired) electrons. The molecule has 0 aromatic heterocycles. The van der Waals surface area contributed by atoms with Gasteiger partial charge >= 0.3 is 169 Å². The van der Waals surface area contributed by atoms with Crippen LogP contribution in [0.25, 0.3) is 0 Å². The third-order valence-electron chi connectivity index (χ3n) is 4.94. The minimum absolute atomic E-state index is 0. The molecule has 0 spiro atoms. The first kappa shape index (κ1) is 83.1. The number of phenolic OH excluding ortho intramolecular Hbond substituents is 4. The van der Waals surface area contributed by atoms with Crippen LogP contribution in [-0.2, 0) is 61.2 Å². The van der Waals surface area contributed by atoms with Crippen LogP contribution in [0.1, 0.15) is 0 Å². The Kier molecular flexibility index (Phi) is 60.0. The van der Waals surface area contributed by atoms with E-state index in [1.807, 2.05) is 0 Å². The third-order valence-corrected chi connectivity index (χ3v) is 12.3. The van der Waals surface area contributed by atoms with E-state index >= 15 is 0 Å². The fraction of sp³-hybridized carbons (Fsp3) is 0.286. The average molecular weight is 1140 g/mol. The van der Waals surface area contributed by atoms with Gasteiger partial charge in [0.25, 0.3) is 0 Å².